The number of halogens is 6. The van der Waals surface area contributed by atoms with Gasteiger partial charge in [0.2, 0.25) is 0 Å². The van der Waals surface area contributed by atoms with Gasteiger partial charge in [0.1, 0.15) is 12.5 Å². The second kappa shape index (κ2) is 7.38. The Balaban J connectivity index is 0.00000220. The van der Waals surface area contributed by atoms with Gasteiger partial charge in [0.15, 0.2) is 0 Å². The van der Waals surface area contributed by atoms with Crippen molar-refractivity contribution in [3.8, 4) is 0 Å². The van der Waals surface area contributed by atoms with Gasteiger partial charge in [0.05, 0.1) is 11.6 Å². The van der Waals surface area contributed by atoms with Crippen LogP contribution in [0.5, 0.6) is 0 Å². The van der Waals surface area contributed by atoms with Crippen molar-refractivity contribution in [2.75, 3.05) is 32.9 Å². The Hall–Kier alpha value is -0.920. The van der Waals surface area contributed by atoms with Crippen molar-refractivity contribution in [3.05, 3.63) is 35.1 Å². The lowest BCUT2D eigenvalue weighted by Crippen LogP contribution is -2.46. The third-order valence-electron chi connectivity index (χ3n) is 3.43. The second-order valence-corrected chi connectivity index (χ2v) is 4.66. The zero-order chi connectivity index (χ0) is 14.8. The molecule has 120 valence electrons. The normalized spacial score (nSPS) is 18.1. The van der Waals surface area contributed by atoms with Crippen LogP contribution in [0.2, 0.25) is 0 Å². The summed E-state index contributed by atoms with van der Waals surface area (Å²) >= 11 is 0. The average molecular weight is 331 g/mol. The van der Waals surface area contributed by atoms with Crippen LogP contribution in [0.3, 0.4) is 0 Å². The number of piperazine rings is 1. The highest BCUT2D eigenvalue weighted by atomic mass is 35.5. The van der Waals surface area contributed by atoms with E-state index >= 15 is 0 Å². The Kier molecular flexibility index (Phi) is 6.37. The van der Waals surface area contributed by atoms with Crippen LogP contribution in [0.4, 0.5) is 22.0 Å². The lowest BCUT2D eigenvalue weighted by atomic mass is 10.0. The maximum absolute atomic E-state index is 14.0. The second-order valence-electron chi connectivity index (χ2n) is 4.66. The quantitative estimate of drug-likeness (QED) is 0.856. The molecule has 1 aromatic carbocycles. The van der Waals surface area contributed by atoms with E-state index in [-0.39, 0.29) is 18.0 Å². The number of hydrogen-bond acceptors (Lipinski definition) is 2. The summed E-state index contributed by atoms with van der Waals surface area (Å²) < 4.78 is 65.3. The van der Waals surface area contributed by atoms with E-state index in [0.717, 1.165) is 6.07 Å². The molecule has 1 aromatic rings. The summed E-state index contributed by atoms with van der Waals surface area (Å²) in [5.41, 5.74) is -1.58. The molecular weight excluding hydrogens is 315 g/mol. The highest BCUT2D eigenvalue weighted by molar-refractivity contribution is 5.85. The van der Waals surface area contributed by atoms with Gasteiger partial charge in [-0.05, 0) is 6.07 Å². The minimum Gasteiger partial charge on any atom is -0.314 e. The molecule has 1 aliphatic rings. The van der Waals surface area contributed by atoms with Crippen molar-refractivity contribution in [1.29, 1.82) is 0 Å². The van der Waals surface area contributed by atoms with E-state index in [0.29, 0.717) is 32.2 Å². The topological polar surface area (TPSA) is 15.3 Å². The van der Waals surface area contributed by atoms with E-state index in [9.17, 15) is 22.0 Å². The van der Waals surface area contributed by atoms with Gasteiger partial charge in [-0.25, -0.2) is 8.78 Å². The van der Waals surface area contributed by atoms with E-state index in [1.807, 2.05) is 0 Å². The first-order chi connectivity index (χ1) is 9.45. The molecule has 0 unspecified atom stereocenters. The summed E-state index contributed by atoms with van der Waals surface area (Å²) in [4.78, 5) is 1.66. The maximum atomic E-state index is 14.0. The number of benzene rings is 1. The number of nitrogens with one attached hydrogen (secondary N) is 1. The zero-order valence-corrected chi connectivity index (χ0v) is 11.9. The number of alkyl halides is 4. The van der Waals surface area contributed by atoms with Crippen LogP contribution in [0.15, 0.2) is 18.2 Å². The van der Waals surface area contributed by atoms with Crippen LogP contribution in [0.1, 0.15) is 17.2 Å². The average Bonchev–Trinajstić information content (AvgIpc) is 2.41. The molecule has 1 N–H and O–H groups in total. The van der Waals surface area contributed by atoms with Gasteiger partial charge in [0, 0.05) is 31.7 Å². The van der Waals surface area contributed by atoms with Crippen LogP contribution < -0.4 is 5.32 Å². The smallest absolute Gasteiger partial charge is 0.314 e. The van der Waals surface area contributed by atoms with Gasteiger partial charge >= 0.3 is 6.18 Å². The SMILES string of the molecule is Cl.FC[C@@H](c1cccc(C(F)(F)F)c1F)N1CCNCC1. The first-order valence-corrected chi connectivity index (χ1v) is 6.31. The summed E-state index contributed by atoms with van der Waals surface area (Å²) in [7, 11) is 0. The summed E-state index contributed by atoms with van der Waals surface area (Å²) in [6.45, 7) is 1.25. The molecule has 2 rings (SSSR count). The number of rotatable bonds is 3. The fourth-order valence-electron chi connectivity index (χ4n) is 2.40. The number of hydrogen-bond donors (Lipinski definition) is 1. The lowest BCUT2D eigenvalue weighted by molar-refractivity contribution is -0.140. The van der Waals surface area contributed by atoms with Crippen molar-refractivity contribution in [2.45, 2.75) is 12.2 Å². The number of nitrogens with zero attached hydrogens (tertiary/aromatic N) is 1. The molecule has 0 saturated carbocycles. The molecule has 1 heterocycles. The minimum absolute atomic E-state index is 0. The fraction of sp³-hybridized carbons (Fsp3) is 0.538. The Labute approximate surface area is 125 Å². The Morgan fingerprint density at radius 1 is 1.19 bits per heavy atom. The summed E-state index contributed by atoms with van der Waals surface area (Å²) in [5.74, 6) is -1.37. The monoisotopic (exact) mass is 330 g/mol. The molecule has 0 bridgehead atoms. The van der Waals surface area contributed by atoms with Crippen LogP contribution in [0.25, 0.3) is 0 Å². The van der Waals surface area contributed by atoms with Gasteiger partial charge in [-0.1, -0.05) is 12.1 Å². The highest BCUT2D eigenvalue weighted by Gasteiger charge is 2.36. The molecule has 2 nitrogen and oxygen atoms in total. The first-order valence-electron chi connectivity index (χ1n) is 6.31. The van der Waals surface area contributed by atoms with Gasteiger partial charge < -0.3 is 5.32 Å². The third kappa shape index (κ3) is 4.05. The van der Waals surface area contributed by atoms with E-state index < -0.39 is 30.3 Å². The zero-order valence-electron chi connectivity index (χ0n) is 11.1. The van der Waals surface area contributed by atoms with Crippen molar-refractivity contribution in [3.63, 3.8) is 0 Å². The van der Waals surface area contributed by atoms with Crippen LogP contribution in [-0.2, 0) is 6.18 Å². The van der Waals surface area contributed by atoms with E-state index in [2.05, 4.69) is 5.32 Å². The standard InChI is InChI=1S/C13H15F5N2.ClH/c14-8-11(20-6-4-19-5-7-20)9-2-1-3-10(12(9)15)13(16,17)18;/h1-3,11,19H,4-8H2;1H/t11-;/m0./s1. The molecular formula is C13H16ClF5N2. The van der Waals surface area contributed by atoms with Crippen LogP contribution in [-0.4, -0.2) is 37.8 Å². The van der Waals surface area contributed by atoms with Crippen LogP contribution >= 0.6 is 12.4 Å². The molecule has 0 radical (unpaired) electrons. The van der Waals surface area contributed by atoms with Crippen molar-refractivity contribution in [2.24, 2.45) is 0 Å². The lowest BCUT2D eigenvalue weighted by Gasteiger charge is -2.34. The van der Waals surface area contributed by atoms with Gasteiger partial charge in [-0.15, -0.1) is 12.4 Å². The molecule has 1 atom stereocenters. The third-order valence-corrected chi connectivity index (χ3v) is 3.43. The predicted molar refractivity (Wildman–Crippen MR) is 71.8 cm³/mol. The summed E-state index contributed by atoms with van der Waals surface area (Å²) in [5, 5.41) is 3.06. The highest BCUT2D eigenvalue weighted by Crippen LogP contribution is 2.35. The van der Waals surface area contributed by atoms with Crippen molar-refractivity contribution < 1.29 is 22.0 Å². The first kappa shape index (κ1) is 18.1. The molecule has 21 heavy (non-hydrogen) atoms. The molecule has 0 amide bonds. The molecule has 0 aromatic heterocycles. The molecule has 8 heteroatoms. The van der Waals surface area contributed by atoms with E-state index in [1.54, 1.807) is 4.90 Å². The summed E-state index contributed by atoms with van der Waals surface area (Å²) in [6, 6.07) is 2.04. The molecule has 0 spiro atoms. The van der Waals surface area contributed by atoms with Crippen molar-refractivity contribution in [1.82, 2.24) is 10.2 Å². The Morgan fingerprint density at radius 3 is 2.33 bits per heavy atom. The summed E-state index contributed by atoms with van der Waals surface area (Å²) in [6.07, 6.45) is -4.77. The fourth-order valence-corrected chi connectivity index (χ4v) is 2.40. The Bertz CT molecular complexity index is 460. The van der Waals surface area contributed by atoms with E-state index in [4.69, 9.17) is 0 Å². The van der Waals surface area contributed by atoms with Gasteiger partial charge in [-0.3, -0.25) is 4.90 Å². The van der Waals surface area contributed by atoms with Gasteiger partial charge in [-0.2, -0.15) is 13.2 Å². The molecule has 1 aliphatic heterocycles. The Morgan fingerprint density at radius 2 is 1.81 bits per heavy atom. The minimum atomic E-state index is -4.77. The van der Waals surface area contributed by atoms with Gasteiger partial charge in [0.25, 0.3) is 0 Å². The predicted octanol–water partition coefficient (Wildman–Crippen LogP) is 3.18. The van der Waals surface area contributed by atoms with Crippen molar-refractivity contribution >= 4 is 12.4 Å². The largest absolute Gasteiger partial charge is 0.419 e. The molecule has 0 aliphatic carbocycles. The maximum Gasteiger partial charge on any atom is 0.419 e. The molecule has 1 fully saturated rings. The van der Waals surface area contributed by atoms with E-state index in [1.165, 1.54) is 6.07 Å². The molecule has 1 saturated heterocycles. The van der Waals surface area contributed by atoms with Crippen LogP contribution in [0, 0.1) is 5.82 Å².